The fraction of sp³-hybridized carbons (Fsp3) is 0.286. The molecule has 1 N–H and O–H groups in total. The first-order valence-electron chi connectivity index (χ1n) is 6.37. The van der Waals surface area contributed by atoms with Crippen LogP contribution in [0.1, 0.15) is 18.5 Å². The topological polar surface area (TPSA) is 64.6 Å². The molecule has 0 spiro atoms. The summed E-state index contributed by atoms with van der Waals surface area (Å²) >= 11 is 6.80. The molecule has 2 rings (SSSR count). The Bertz CT molecular complexity index is 758. The van der Waals surface area contributed by atoms with E-state index in [4.69, 9.17) is 21.1 Å². The maximum Gasteiger partial charge on any atom is 0.250 e. The van der Waals surface area contributed by atoms with Crippen LogP contribution in [0.5, 0.6) is 11.5 Å². The van der Waals surface area contributed by atoms with E-state index in [2.05, 4.69) is 4.72 Å². The Morgan fingerprint density at radius 3 is 2.36 bits per heavy atom. The highest BCUT2D eigenvalue weighted by Gasteiger charge is 2.21. The number of thiophene rings is 1. The summed E-state index contributed by atoms with van der Waals surface area (Å²) in [6.45, 7) is 1.76. The fourth-order valence-corrected chi connectivity index (χ4v) is 4.65. The number of sulfonamides is 1. The monoisotopic (exact) mass is 361 g/mol. The van der Waals surface area contributed by atoms with Crippen molar-refractivity contribution in [2.45, 2.75) is 17.2 Å². The molecule has 0 fully saturated rings. The average Bonchev–Trinajstić information content (AvgIpc) is 2.93. The third kappa shape index (κ3) is 3.73. The summed E-state index contributed by atoms with van der Waals surface area (Å²) in [5, 5.41) is 0. The Balaban J connectivity index is 2.23. The standard InChI is InChI=1S/C14H16ClNO4S2/c1-9(10-4-5-11(19-2)12(8-10)20-3)16-22(17,18)14-7-6-13(15)21-14/h4-9,16H,1-3H3. The van der Waals surface area contributed by atoms with Crippen LogP contribution in [-0.2, 0) is 10.0 Å². The van der Waals surface area contributed by atoms with Crippen molar-refractivity contribution in [3.8, 4) is 11.5 Å². The number of rotatable bonds is 6. The highest BCUT2D eigenvalue weighted by molar-refractivity contribution is 7.91. The largest absolute Gasteiger partial charge is 0.493 e. The van der Waals surface area contributed by atoms with Gasteiger partial charge < -0.3 is 9.47 Å². The Morgan fingerprint density at radius 1 is 1.14 bits per heavy atom. The Labute approximate surface area is 138 Å². The maximum absolute atomic E-state index is 12.3. The molecule has 0 aliphatic heterocycles. The summed E-state index contributed by atoms with van der Waals surface area (Å²) in [4.78, 5) is 0. The number of nitrogens with one attached hydrogen (secondary N) is 1. The van der Waals surface area contributed by atoms with Gasteiger partial charge in [-0.2, -0.15) is 0 Å². The third-order valence-corrected chi connectivity index (χ3v) is 6.32. The molecule has 0 saturated heterocycles. The molecule has 2 aromatic rings. The predicted molar refractivity (Wildman–Crippen MR) is 87.6 cm³/mol. The minimum atomic E-state index is -3.61. The van der Waals surface area contributed by atoms with Gasteiger partial charge in [0.25, 0.3) is 10.0 Å². The SMILES string of the molecule is COc1ccc(C(C)NS(=O)(=O)c2ccc(Cl)s2)cc1OC. The van der Waals surface area contributed by atoms with Crippen LogP contribution in [0, 0.1) is 0 Å². The average molecular weight is 362 g/mol. The van der Waals surface area contributed by atoms with Gasteiger partial charge in [-0.15, -0.1) is 11.3 Å². The molecule has 8 heteroatoms. The van der Waals surface area contributed by atoms with E-state index in [0.29, 0.717) is 15.8 Å². The number of ether oxygens (including phenoxy) is 2. The van der Waals surface area contributed by atoms with Crippen molar-refractivity contribution < 1.29 is 17.9 Å². The second kappa shape index (κ2) is 6.87. The van der Waals surface area contributed by atoms with Gasteiger partial charge in [-0.1, -0.05) is 17.7 Å². The van der Waals surface area contributed by atoms with Crippen LogP contribution in [-0.4, -0.2) is 22.6 Å². The smallest absolute Gasteiger partial charge is 0.250 e. The van der Waals surface area contributed by atoms with Gasteiger partial charge >= 0.3 is 0 Å². The Morgan fingerprint density at radius 2 is 1.82 bits per heavy atom. The van der Waals surface area contributed by atoms with Gasteiger partial charge in [0, 0.05) is 6.04 Å². The molecule has 1 aromatic heterocycles. The zero-order valence-electron chi connectivity index (χ0n) is 12.3. The van der Waals surface area contributed by atoms with Crippen molar-refractivity contribution in [1.29, 1.82) is 0 Å². The number of hydrogen-bond donors (Lipinski definition) is 1. The van der Waals surface area contributed by atoms with Crippen LogP contribution < -0.4 is 14.2 Å². The molecule has 22 heavy (non-hydrogen) atoms. The van der Waals surface area contributed by atoms with Gasteiger partial charge in [-0.25, -0.2) is 13.1 Å². The van der Waals surface area contributed by atoms with Crippen molar-refractivity contribution in [2.24, 2.45) is 0 Å². The lowest BCUT2D eigenvalue weighted by molar-refractivity contribution is 0.354. The summed E-state index contributed by atoms with van der Waals surface area (Å²) in [6, 6.07) is 7.88. The van der Waals surface area contributed by atoms with Gasteiger partial charge in [-0.05, 0) is 36.8 Å². The number of halogens is 1. The van der Waals surface area contributed by atoms with Crippen molar-refractivity contribution in [3.63, 3.8) is 0 Å². The van der Waals surface area contributed by atoms with Gasteiger partial charge in [0.2, 0.25) is 0 Å². The van der Waals surface area contributed by atoms with Crippen LogP contribution in [0.4, 0.5) is 0 Å². The van der Waals surface area contributed by atoms with E-state index in [1.165, 1.54) is 13.2 Å². The summed E-state index contributed by atoms with van der Waals surface area (Å²) in [7, 11) is -0.532. The van der Waals surface area contributed by atoms with Gasteiger partial charge in [-0.3, -0.25) is 0 Å². The van der Waals surface area contributed by atoms with Crippen LogP contribution in [0.25, 0.3) is 0 Å². The van der Waals surface area contributed by atoms with E-state index in [1.807, 2.05) is 0 Å². The predicted octanol–water partition coefficient (Wildman–Crippen LogP) is 3.46. The molecule has 0 saturated carbocycles. The van der Waals surface area contributed by atoms with Crippen LogP contribution >= 0.6 is 22.9 Å². The zero-order chi connectivity index (χ0) is 16.3. The lowest BCUT2D eigenvalue weighted by Crippen LogP contribution is -2.26. The van der Waals surface area contributed by atoms with Crippen LogP contribution in [0.15, 0.2) is 34.5 Å². The third-order valence-electron chi connectivity index (χ3n) is 3.05. The van der Waals surface area contributed by atoms with Crippen LogP contribution in [0.3, 0.4) is 0 Å². The molecule has 0 bridgehead atoms. The molecule has 1 aromatic carbocycles. The number of benzene rings is 1. The van der Waals surface area contributed by atoms with Crippen molar-refractivity contribution >= 4 is 33.0 Å². The minimum Gasteiger partial charge on any atom is -0.493 e. The molecule has 1 heterocycles. The van der Waals surface area contributed by atoms with Crippen molar-refractivity contribution in [3.05, 3.63) is 40.2 Å². The lowest BCUT2D eigenvalue weighted by atomic mass is 10.1. The normalized spacial score (nSPS) is 12.9. The molecule has 1 unspecified atom stereocenters. The van der Waals surface area contributed by atoms with E-state index in [-0.39, 0.29) is 4.21 Å². The fourth-order valence-electron chi connectivity index (χ4n) is 1.92. The van der Waals surface area contributed by atoms with E-state index >= 15 is 0 Å². The maximum atomic E-state index is 12.3. The van der Waals surface area contributed by atoms with Gasteiger partial charge in [0.05, 0.1) is 18.6 Å². The number of methoxy groups -OCH3 is 2. The molecule has 0 radical (unpaired) electrons. The van der Waals surface area contributed by atoms with E-state index in [9.17, 15) is 8.42 Å². The second-order valence-corrected chi connectivity index (χ2v) is 8.17. The summed E-state index contributed by atoms with van der Waals surface area (Å²) in [6.07, 6.45) is 0. The second-order valence-electron chi connectivity index (χ2n) is 4.52. The Kier molecular flexibility index (Phi) is 5.33. The van der Waals surface area contributed by atoms with Gasteiger partial charge in [0.15, 0.2) is 11.5 Å². The zero-order valence-corrected chi connectivity index (χ0v) is 14.7. The molecular formula is C14H16ClNO4S2. The first-order chi connectivity index (χ1) is 10.4. The number of hydrogen-bond acceptors (Lipinski definition) is 5. The molecule has 0 aliphatic rings. The lowest BCUT2D eigenvalue weighted by Gasteiger charge is -2.16. The molecule has 0 aliphatic carbocycles. The molecule has 0 amide bonds. The Hall–Kier alpha value is -1.28. The first-order valence-corrected chi connectivity index (χ1v) is 9.04. The summed E-state index contributed by atoms with van der Waals surface area (Å²) < 4.78 is 38.2. The summed E-state index contributed by atoms with van der Waals surface area (Å²) in [5.74, 6) is 1.14. The van der Waals surface area contributed by atoms with Crippen molar-refractivity contribution in [2.75, 3.05) is 14.2 Å². The quantitative estimate of drug-likeness (QED) is 0.855. The highest BCUT2D eigenvalue weighted by atomic mass is 35.5. The van der Waals surface area contributed by atoms with E-state index in [1.54, 1.807) is 38.3 Å². The first kappa shape index (κ1) is 17.1. The molecule has 120 valence electrons. The van der Waals surface area contributed by atoms with E-state index in [0.717, 1.165) is 16.9 Å². The molecule has 5 nitrogen and oxygen atoms in total. The molecule has 1 atom stereocenters. The van der Waals surface area contributed by atoms with Crippen molar-refractivity contribution in [1.82, 2.24) is 4.72 Å². The summed E-state index contributed by atoms with van der Waals surface area (Å²) in [5.41, 5.74) is 0.767. The highest BCUT2D eigenvalue weighted by Crippen LogP contribution is 2.31. The van der Waals surface area contributed by atoms with Crippen LogP contribution in [0.2, 0.25) is 4.34 Å². The van der Waals surface area contributed by atoms with Gasteiger partial charge in [0.1, 0.15) is 4.21 Å². The minimum absolute atomic E-state index is 0.185. The molecular weight excluding hydrogens is 346 g/mol. The van der Waals surface area contributed by atoms with E-state index < -0.39 is 16.1 Å².